The standard InChI is InChI=1S/C10H8O.C7H8O/c11-10-7-3-5-8-4-1-2-6-9(8)10;1-6-3-2-4-7(8)5-6/h1-7,11H;2-5,8H,1H3. The van der Waals surface area contributed by atoms with E-state index >= 15 is 0 Å². The van der Waals surface area contributed by atoms with Crippen molar-refractivity contribution in [1.29, 1.82) is 0 Å². The smallest absolute Gasteiger partial charge is 0.123 e. The van der Waals surface area contributed by atoms with Crippen LogP contribution in [0.5, 0.6) is 11.5 Å². The molecule has 3 aromatic carbocycles. The van der Waals surface area contributed by atoms with E-state index in [4.69, 9.17) is 5.11 Å². The SMILES string of the molecule is Cc1cccc(O)c1.Oc1cccc2ccccc12. The average molecular weight is 252 g/mol. The molecule has 3 rings (SSSR count). The number of phenolic OH excluding ortho intramolecular Hbond substituents is 2. The highest BCUT2D eigenvalue weighted by atomic mass is 16.3. The van der Waals surface area contributed by atoms with Gasteiger partial charge in [-0.25, -0.2) is 0 Å². The first-order valence-electron chi connectivity index (χ1n) is 6.09. The van der Waals surface area contributed by atoms with Gasteiger partial charge in [-0.15, -0.1) is 0 Å². The van der Waals surface area contributed by atoms with Crippen molar-refractivity contribution >= 4 is 10.8 Å². The van der Waals surface area contributed by atoms with Gasteiger partial charge >= 0.3 is 0 Å². The Labute approximate surface area is 112 Å². The molecule has 2 N–H and O–H groups in total. The van der Waals surface area contributed by atoms with Crippen molar-refractivity contribution < 1.29 is 10.2 Å². The Kier molecular flexibility index (Phi) is 4.04. The van der Waals surface area contributed by atoms with Gasteiger partial charge in [0.15, 0.2) is 0 Å². The van der Waals surface area contributed by atoms with Crippen LogP contribution in [-0.2, 0) is 0 Å². The lowest BCUT2D eigenvalue weighted by Gasteiger charge is -1.97. The van der Waals surface area contributed by atoms with Crippen molar-refractivity contribution in [3.05, 3.63) is 72.3 Å². The number of aryl methyl sites for hydroxylation is 1. The Morgan fingerprint density at radius 2 is 1.42 bits per heavy atom. The lowest BCUT2D eigenvalue weighted by atomic mass is 10.1. The van der Waals surface area contributed by atoms with E-state index in [-0.39, 0.29) is 0 Å². The van der Waals surface area contributed by atoms with E-state index in [1.807, 2.05) is 55.5 Å². The highest BCUT2D eigenvalue weighted by Gasteiger charge is 1.94. The number of hydrogen-bond acceptors (Lipinski definition) is 2. The van der Waals surface area contributed by atoms with Gasteiger partial charge in [0.05, 0.1) is 0 Å². The zero-order valence-electron chi connectivity index (χ0n) is 10.7. The first kappa shape index (κ1) is 13.0. The monoisotopic (exact) mass is 252 g/mol. The third-order valence-electron chi connectivity index (χ3n) is 2.77. The van der Waals surface area contributed by atoms with Crippen LogP contribution in [0, 0.1) is 6.92 Å². The van der Waals surface area contributed by atoms with Gasteiger partial charge in [0, 0.05) is 5.39 Å². The second kappa shape index (κ2) is 5.91. The Hall–Kier alpha value is -2.48. The minimum absolute atomic E-state index is 0.338. The number of rotatable bonds is 0. The summed E-state index contributed by atoms with van der Waals surface area (Å²) in [4.78, 5) is 0. The molecule has 96 valence electrons. The molecule has 3 aromatic rings. The zero-order chi connectivity index (χ0) is 13.7. The quantitative estimate of drug-likeness (QED) is 0.628. The number of aromatic hydroxyl groups is 2. The number of hydrogen-bond donors (Lipinski definition) is 2. The van der Waals surface area contributed by atoms with Crippen molar-refractivity contribution in [3.8, 4) is 11.5 Å². The van der Waals surface area contributed by atoms with Gasteiger partial charge in [-0.05, 0) is 36.1 Å². The predicted octanol–water partition coefficient (Wildman–Crippen LogP) is 4.25. The molecule has 0 spiro atoms. The molecule has 2 nitrogen and oxygen atoms in total. The van der Waals surface area contributed by atoms with Crippen molar-refractivity contribution in [2.45, 2.75) is 6.92 Å². The molecule has 2 heteroatoms. The lowest BCUT2D eigenvalue weighted by molar-refractivity contribution is 0.475. The molecular formula is C17H16O2. The van der Waals surface area contributed by atoms with Gasteiger partial charge in [-0.1, -0.05) is 48.5 Å². The number of benzene rings is 3. The summed E-state index contributed by atoms with van der Waals surface area (Å²) in [5.41, 5.74) is 1.09. The van der Waals surface area contributed by atoms with Gasteiger partial charge in [0.25, 0.3) is 0 Å². The molecule has 0 fully saturated rings. The molecule has 0 aromatic heterocycles. The van der Waals surface area contributed by atoms with Gasteiger partial charge in [0.2, 0.25) is 0 Å². The van der Waals surface area contributed by atoms with Crippen LogP contribution in [0.15, 0.2) is 66.7 Å². The third-order valence-corrected chi connectivity index (χ3v) is 2.77. The Morgan fingerprint density at radius 3 is 2.05 bits per heavy atom. The first-order valence-corrected chi connectivity index (χ1v) is 6.09. The van der Waals surface area contributed by atoms with Crippen LogP contribution in [0.4, 0.5) is 0 Å². The van der Waals surface area contributed by atoms with E-state index in [0.29, 0.717) is 11.5 Å². The van der Waals surface area contributed by atoms with E-state index in [1.54, 1.807) is 18.2 Å². The largest absolute Gasteiger partial charge is 0.508 e. The molecule has 0 bridgehead atoms. The minimum atomic E-state index is 0.338. The topological polar surface area (TPSA) is 40.5 Å². The second-order valence-corrected chi connectivity index (χ2v) is 4.34. The first-order chi connectivity index (χ1) is 9.16. The van der Waals surface area contributed by atoms with Crippen molar-refractivity contribution in [2.75, 3.05) is 0 Å². The molecule has 0 aliphatic rings. The second-order valence-electron chi connectivity index (χ2n) is 4.34. The Bertz CT molecular complexity index is 652. The van der Waals surface area contributed by atoms with E-state index in [9.17, 15) is 5.11 Å². The molecule has 19 heavy (non-hydrogen) atoms. The number of phenols is 2. The summed E-state index contributed by atoms with van der Waals surface area (Å²) in [5, 5.41) is 20.2. The van der Waals surface area contributed by atoms with Gasteiger partial charge in [-0.2, -0.15) is 0 Å². The third kappa shape index (κ3) is 3.49. The van der Waals surface area contributed by atoms with Gasteiger partial charge < -0.3 is 10.2 Å². The average Bonchev–Trinajstić information content (AvgIpc) is 2.40. The van der Waals surface area contributed by atoms with Gasteiger partial charge in [0.1, 0.15) is 11.5 Å². The maximum Gasteiger partial charge on any atom is 0.123 e. The highest BCUT2D eigenvalue weighted by molar-refractivity contribution is 5.87. The minimum Gasteiger partial charge on any atom is -0.508 e. The summed E-state index contributed by atoms with van der Waals surface area (Å²) < 4.78 is 0. The van der Waals surface area contributed by atoms with Crippen molar-refractivity contribution in [3.63, 3.8) is 0 Å². The van der Waals surface area contributed by atoms with Crippen LogP contribution in [0.1, 0.15) is 5.56 Å². The predicted molar refractivity (Wildman–Crippen MR) is 78.5 cm³/mol. The van der Waals surface area contributed by atoms with Gasteiger partial charge in [-0.3, -0.25) is 0 Å². The van der Waals surface area contributed by atoms with Crippen LogP contribution < -0.4 is 0 Å². The maximum absolute atomic E-state index is 9.37. The summed E-state index contributed by atoms with van der Waals surface area (Å²) in [6, 6.07) is 20.4. The molecule has 0 amide bonds. The zero-order valence-corrected chi connectivity index (χ0v) is 10.7. The van der Waals surface area contributed by atoms with Crippen LogP contribution >= 0.6 is 0 Å². The van der Waals surface area contributed by atoms with Crippen LogP contribution in [0.25, 0.3) is 10.8 Å². The number of fused-ring (bicyclic) bond motifs is 1. The molecule has 0 saturated carbocycles. The molecule has 0 aliphatic heterocycles. The van der Waals surface area contributed by atoms with Crippen LogP contribution in [-0.4, -0.2) is 10.2 Å². The summed E-state index contributed by atoms with van der Waals surface area (Å²) in [7, 11) is 0. The molecule has 0 heterocycles. The molecule has 0 radical (unpaired) electrons. The lowest BCUT2D eigenvalue weighted by Crippen LogP contribution is -1.70. The Morgan fingerprint density at radius 1 is 0.737 bits per heavy atom. The highest BCUT2D eigenvalue weighted by Crippen LogP contribution is 2.22. The molecule has 0 unspecified atom stereocenters. The molecular weight excluding hydrogens is 236 g/mol. The van der Waals surface area contributed by atoms with Crippen LogP contribution in [0.2, 0.25) is 0 Å². The van der Waals surface area contributed by atoms with E-state index in [0.717, 1.165) is 16.3 Å². The van der Waals surface area contributed by atoms with Crippen molar-refractivity contribution in [2.24, 2.45) is 0 Å². The summed E-state index contributed by atoms with van der Waals surface area (Å²) in [6.45, 7) is 1.94. The van der Waals surface area contributed by atoms with E-state index < -0.39 is 0 Å². The normalized spacial score (nSPS) is 9.74. The fourth-order valence-corrected chi connectivity index (χ4v) is 1.84. The molecule has 0 aliphatic carbocycles. The summed E-state index contributed by atoms with van der Waals surface area (Å²) in [6.07, 6.45) is 0. The van der Waals surface area contributed by atoms with Crippen LogP contribution in [0.3, 0.4) is 0 Å². The summed E-state index contributed by atoms with van der Waals surface area (Å²) in [5.74, 6) is 0.688. The molecule has 0 atom stereocenters. The van der Waals surface area contributed by atoms with E-state index in [2.05, 4.69) is 0 Å². The van der Waals surface area contributed by atoms with E-state index in [1.165, 1.54) is 0 Å². The fourth-order valence-electron chi connectivity index (χ4n) is 1.84. The maximum atomic E-state index is 9.37. The molecule has 0 saturated heterocycles. The van der Waals surface area contributed by atoms with Crippen molar-refractivity contribution in [1.82, 2.24) is 0 Å². The Balaban J connectivity index is 0.000000148. The fraction of sp³-hybridized carbons (Fsp3) is 0.0588. The summed E-state index contributed by atoms with van der Waals surface area (Å²) >= 11 is 0.